The average molecular weight is 1180 g/mol. The molecule has 0 aliphatic carbocycles. The van der Waals surface area contributed by atoms with Crippen LogP contribution in [0.2, 0.25) is 20.1 Å². The standard InChI is InChI=1S/C23H23BrCl2N3O5P.C19H13BrCl2IN3O/c1-4-32-35(31,33-5-2)34-20-14-27-22-28(19-11-17(25)10-18(26)12-19)21(30)23(3,29(20)22)13-15-6-8-16(24)9-7-15;1-19(9-11-2-4-12(20)5-3-11)17(27)25(18-24-10-16(23)26(18)19)15-7-13(21)6-14(22)8-15/h6-12,14H,4-5,13H2,1-3H3;2-8,10H,9H2,1H3/t23-;19-/m11/s1. The monoisotopic (exact) mass is 1180 g/mol. The molecular weight excluding hydrogens is 1140 g/mol. The molecule has 2 aliphatic rings. The molecule has 324 valence electrons. The van der Waals surface area contributed by atoms with Crippen LogP contribution in [0.3, 0.4) is 0 Å². The number of rotatable bonds is 12. The van der Waals surface area contributed by atoms with Crippen molar-refractivity contribution in [3.63, 3.8) is 0 Å². The van der Waals surface area contributed by atoms with Crippen molar-refractivity contribution in [2.24, 2.45) is 0 Å². The van der Waals surface area contributed by atoms with E-state index in [9.17, 15) is 14.2 Å². The van der Waals surface area contributed by atoms with Crippen LogP contribution in [-0.2, 0) is 47.1 Å². The predicted octanol–water partition coefficient (Wildman–Crippen LogP) is 13.3. The lowest BCUT2D eigenvalue weighted by atomic mass is 9.92. The molecule has 4 aromatic carbocycles. The molecule has 2 amide bonds. The number of carbonyl (C=O) groups excluding carboxylic acids is 2. The molecule has 0 saturated heterocycles. The fraction of sp³-hybridized carbons (Fsp3) is 0.238. The van der Waals surface area contributed by atoms with E-state index >= 15 is 0 Å². The average Bonchev–Trinajstić information content (AvgIpc) is 3.90. The van der Waals surface area contributed by atoms with Gasteiger partial charge in [0.2, 0.25) is 17.8 Å². The Labute approximate surface area is 408 Å². The largest absolute Gasteiger partial charge is 0.531 e. The number of carbonyl (C=O) groups is 2. The number of hydrogen-bond acceptors (Lipinski definition) is 8. The van der Waals surface area contributed by atoms with E-state index in [0.717, 1.165) is 23.8 Å². The number of hydrogen-bond donors (Lipinski definition) is 0. The first-order valence-electron chi connectivity index (χ1n) is 18.9. The summed E-state index contributed by atoms with van der Waals surface area (Å²) in [6, 6.07) is 25.6. The molecule has 2 aromatic heterocycles. The van der Waals surface area contributed by atoms with Crippen molar-refractivity contribution >= 4 is 144 Å². The molecule has 2 atom stereocenters. The fourth-order valence-electron chi connectivity index (χ4n) is 7.44. The van der Waals surface area contributed by atoms with Crippen molar-refractivity contribution in [1.29, 1.82) is 0 Å². The van der Waals surface area contributed by atoms with Crippen molar-refractivity contribution in [2.75, 3.05) is 23.0 Å². The Bertz CT molecular complexity index is 2680. The predicted molar refractivity (Wildman–Crippen MR) is 259 cm³/mol. The topological polar surface area (TPSA) is 121 Å². The number of anilines is 4. The van der Waals surface area contributed by atoms with Crippen molar-refractivity contribution in [1.82, 2.24) is 19.1 Å². The van der Waals surface area contributed by atoms with Gasteiger partial charge in [-0.15, -0.1) is 0 Å². The number of aromatic nitrogens is 4. The van der Waals surface area contributed by atoms with Gasteiger partial charge in [0, 0.05) is 41.9 Å². The normalized spacial score (nSPS) is 18.2. The number of fused-ring (bicyclic) bond motifs is 2. The molecule has 0 radical (unpaired) electrons. The van der Waals surface area contributed by atoms with Crippen LogP contribution in [0.1, 0.15) is 38.8 Å². The van der Waals surface area contributed by atoms with Crippen LogP contribution < -0.4 is 14.3 Å². The van der Waals surface area contributed by atoms with Gasteiger partial charge in [0.25, 0.3) is 11.8 Å². The van der Waals surface area contributed by atoms with Crippen molar-refractivity contribution in [3.8, 4) is 5.88 Å². The number of phosphoric ester groups is 1. The van der Waals surface area contributed by atoms with Crippen LogP contribution in [0.15, 0.2) is 106 Å². The molecule has 20 heteroatoms. The van der Waals surface area contributed by atoms with E-state index in [-0.39, 0.29) is 36.9 Å². The van der Waals surface area contributed by atoms with Gasteiger partial charge < -0.3 is 4.52 Å². The Morgan fingerprint density at radius 3 is 1.45 bits per heavy atom. The molecule has 0 unspecified atom stereocenters. The third-order valence-electron chi connectivity index (χ3n) is 10.0. The Morgan fingerprint density at radius 1 is 0.645 bits per heavy atom. The van der Waals surface area contributed by atoms with E-state index in [2.05, 4.69) is 64.4 Å². The van der Waals surface area contributed by atoms with Gasteiger partial charge in [-0.1, -0.05) is 103 Å². The minimum atomic E-state index is -3.95. The molecule has 0 bridgehead atoms. The first-order chi connectivity index (χ1) is 29.4. The minimum Gasteiger partial charge on any atom is -0.386 e. The molecule has 6 aromatic rings. The highest BCUT2D eigenvalue weighted by atomic mass is 127. The molecule has 12 nitrogen and oxygen atoms in total. The van der Waals surface area contributed by atoms with Crippen molar-refractivity contribution in [3.05, 3.63) is 141 Å². The molecule has 0 saturated carbocycles. The van der Waals surface area contributed by atoms with Crippen LogP contribution in [0.5, 0.6) is 5.88 Å². The third-order valence-corrected chi connectivity index (χ3v) is 14.3. The first kappa shape index (κ1) is 47.0. The number of halogens is 7. The summed E-state index contributed by atoms with van der Waals surface area (Å²) in [4.78, 5) is 39.5. The van der Waals surface area contributed by atoms with Crippen LogP contribution >= 0.6 is 109 Å². The second kappa shape index (κ2) is 18.9. The number of benzene rings is 4. The highest BCUT2D eigenvalue weighted by Gasteiger charge is 2.52. The molecule has 0 N–H and O–H groups in total. The summed E-state index contributed by atoms with van der Waals surface area (Å²) in [6.07, 6.45) is 4.01. The lowest BCUT2D eigenvalue weighted by Gasteiger charge is -2.27. The smallest absolute Gasteiger partial charge is 0.386 e. The minimum absolute atomic E-state index is 0.0650. The lowest BCUT2D eigenvalue weighted by Crippen LogP contribution is -2.41. The van der Waals surface area contributed by atoms with Crippen LogP contribution in [0, 0.1) is 3.70 Å². The SMILES string of the molecule is CCOP(=O)(OCC)Oc1cnc2n1[C@](C)(Cc1ccc(Br)cc1)C(=O)N2c1cc(Cl)cc(Cl)c1.C[C@@]1(Cc2ccc(Br)cc2)C(=O)N(c2cc(Cl)cc(Cl)c2)c2ncc(I)n21. The van der Waals surface area contributed by atoms with Gasteiger partial charge in [-0.05, 0) is 122 Å². The van der Waals surface area contributed by atoms with Crippen LogP contribution in [0.4, 0.5) is 23.3 Å². The van der Waals surface area contributed by atoms with Crippen molar-refractivity contribution in [2.45, 2.75) is 51.6 Å². The van der Waals surface area contributed by atoms with E-state index in [1.54, 1.807) is 72.8 Å². The zero-order valence-electron chi connectivity index (χ0n) is 33.3. The number of imidazole rings is 2. The summed E-state index contributed by atoms with van der Waals surface area (Å²) in [6.45, 7) is 7.30. The highest BCUT2D eigenvalue weighted by molar-refractivity contribution is 14.1. The Hall–Kier alpha value is -2.96. The summed E-state index contributed by atoms with van der Waals surface area (Å²) in [5, 5.41) is 1.68. The van der Waals surface area contributed by atoms with E-state index < -0.39 is 18.9 Å². The summed E-state index contributed by atoms with van der Waals surface area (Å²) in [5.41, 5.74) is 1.04. The first-order valence-corrected chi connectivity index (χ1v) is 24.5. The molecule has 0 fully saturated rings. The van der Waals surface area contributed by atoms with Gasteiger partial charge in [0.1, 0.15) is 14.8 Å². The summed E-state index contributed by atoms with van der Waals surface area (Å²) in [7, 11) is -3.95. The summed E-state index contributed by atoms with van der Waals surface area (Å²) >= 11 is 33.9. The number of amides is 2. The zero-order chi connectivity index (χ0) is 44.7. The molecular formula is C42H36Br2Cl4IN6O6P. The van der Waals surface area contributed by atoms with E-state index in [1.807, 2.05) is 60.0 Å². The Balaban J connectivity index is 0.000000192. The Kier molecular flexibility index (Phi) is 14.3. The Morgan fingerprint density at radius 2 is 1.03 bits per heavy atom. The molecule has 8 rings (SSSR count). The third kappa shape index (κ3) is 9.40. The van der Waals surface area contributed by atoms with Gasteiger partial charge in [-0.2, -0.15) is 0 Å². The van der Waals surface area contributed by atoms with E-state index in [0.29, 0.717) is 50.3 Å². The second-order valence-electron chi connectivity index (χ2n) is 14.5. The maximum Gasteiger partial charge on any atom is 0.531 e. The van der Waals surface area contributed by atoms with Gasteiger partial charge in [-0.25, -0.2) is 24.3 Å². The number of phosphoric acid groups is 1. The van der Waals surface area contributed by atoms with Gasteiger partial charge in [0.05, 0.1) is 37.0 Å². The van der Waals surface area contributed by atoms with E-state index in [1.165, 1.54) is 11.1 Å². The maximum atomic E-state index is 14.0. The fourth-order valence-corrected chi connectivity index (χ4v) is 11.1. The van der Waals surface area contributed by atoms with Gasteiger partial charge in [0.15, 0.2) is 0 Å². The van der Waals surface area contributed by atoms with Crippen LogP contribution in [0.25, 0.3) is 0 Å². The summed E-state index contributed by atoms with van der Waals surface area (Å²) in [5.74, 6) is 0.567. The van der Waals surface area contributed by atoms with E-state index in [4.69, 9.17) is 60.0 Å². The molecule has 2 aliphatic heterocycles. The lowest BCUT2D eigenvalue weighted by molar-refractivity contribution is -0.124. The maximum absolute atomic E-state index is 14.0. The molecule has 4 heterocycles. The molecule has 62 heavy (non-hydrogen) atoms. The van der Waals surface area contributed by atoms with Crippen molar-refractivity contribution < 1.29 is 27.7 Å². The highest BCUT2D eigenvalue weighted by Crippen LogP contribution is 2.53. The number of nitrogens with zero attached hydrogens (tertiary/aromatic N) is 6. The van der Waals surface area contributed by atoms with Gasteiger partial charge in [-0.3, -0.25) is 27.8 Å². The quantitative estimate of drug-likeness (QED) is 0.0877. The molecule has 0 spiro atoms. The van der Waals surface area contributed by atoms with Gasteiger partial charge >= 0.3 is 7.82 Å². The van der Waals surface area contributed by atoms with Crippen LogP contribution in [-0.4, -0.2) is 44.1 Å². The second-order valence-corrected chi connectivity index (χ2v) is 20.8. The summed E-state index contributed by atoms with van der Waals surface area (Å²) < 4.78 is 35.9. The zero-order valence-corrected chi connectivity index (χ0v) is 42.5.